The standard InChI is InChI=1S/C44H57N5O9S/c1-7-56-42(54)36(22-25-59-6)49-24-23-48(37(41(49)53)27-31-14-10-8-11-15-31)38(50)28-45-39(51)30(2)46-40(52)35(47-43(55)58-44(3,4)5)26-32-18-20-34(21-19-32)57-29-33-16-12-9-13-17-33/h8-21,30,35-37H,7,22-29H2,1-6H3,(H,45,51)(H,46,52)(H,47,55)/t30-,35+,36+,37+/m1/s1. The summed E-state index contributed by atoms with van der Waals surface area (Å²) in [6.07, 6.45) is 1.80. The van der Waals surface area contributed by atoms with Crippen LogP contribution in [0.3, 0.4) is 0 Å². The quantitative estimate of drug-likeness (QED) is 0.148. The van der Waals surface area contributed by atoms with Gasteiger partial charge in [-0.25, -0.2) is 9.59 Å². The number of esters is 1. The number of rotatable bonds is 19. The van der Waals surface area contributed by atoms with Gasteiger partial charge in [0.1, 0.15) is 42.1 Å². The highest BCUT2D eigenvalue weighted by Gasteiger charge is 2.42. The summed E-state index contributed by atoms with van der Waals surface area (Å²) in [5, 5.41) is 7.87. The molecule has 0 radical (unpaired) electrons. The zero-order valence-corrected chi connectivity index (χ0v) is 35.5. The average Bonchev–Trinajstić information content (AvgIpc) is 3.20. The number of amides is 5. The molecular formula is C44H57N5O9S. The van der Waals surface area contributed by atoms with Crippen molar-refractivity contribution in [1.82, 2.24) is 25.8 Å². The Bertz CT molecular complexity index is 1860. The fourth-order valence-corrected chi connectivity index (χ4v) is 6.93. The molecule has 3 aromatic rings. The molecule has 4 atom stereocenters. The number of piperazine rings is 1. The molecule has 15 heteroatoms. The van der Waals surface area contributed by atoms with Crippen LogP contribution in [0.2, 0.25) is 0 Å². The Kier molecular flexibility index (Phi) is 17.6. The first-order valence-electron chi connectivity index (χ1n) is 19.8. The molecule has 1 saturated heterocycles. The number of carbonyl (C=O) groups is 6. The van der Waals surface area contributed by atoms with Crippen molar-refractivity contribution in [2.24, 2.45) is 0 Å². The molecule has 59 heavy (non-hydrogen) atoms. The van der Waals surface area contributed by atoms with Gasteiger partial charge in [0.2, 0.25) is 23.6 Å². The summed E-state index contributed by atoms with van der Waals surface area (Å²) in [5.74, 6) is -1.38. The number of nitrogens with one attached hydrogen (secondary N) is 3. The molecule has 5 amide bonds. The molecule has 3 aromatic carbocycles. The fraction of sp³-hybridized carbons (Fsp3) is 0.455. The lowest BCUT2D eigenvalue weighted by atomic mass is 9.99. The third-order valence-corrected chi connectivity index (χ3v) is 10.1. The van der Waals surface area contributed by atoms with E-state index in [1.807, 2.05) is 66.9 Å². The van der Waals surface area contributed by atoms with Crippen molar-refractivity contribution in [1.29, 1.82) is 0 Å². The minimum atomic E-state index is -1.12. The van der Waals surface area contributed by atoms with Gasteiger partial charge in [-0.2, -0.15) is 11.8 Å². The fourth-order valence-electron chi connectivity index (χ4n) is 6.47. The number of alkyl carbamates (subject to hydrolysis) is 1. The second kappa shape index (κ2) is 22.5. The monoisotopic (exact) mass is 831 g/mol. The minimum Gasteiger partial charge on any atom is -0.489 e. The van der Waals surface area contributed by atoms with Crippen molar-refractivity contribution in [3.05, 3.63) is 102 Å². The largest absolute Gasteiger partial charge is 0.489 e. The van der Waals surface area contributed by atoms with Gasteiger partial charge >= 0.3 is 12.1 Å². The number of hydrogen-bond acceptors (Lipinski definition) is 10. The number of carbonyl (C=O) groups excluding carboxylic acids is 6. The number of benzene rings is 3. The van der Waals surface area contributed by atoms with Crippen LogP contribution in [0.25, 0.3) is 0 Å². The molecule has 318 valence electrons. The van der Waals surface area contributed by atoms with Crippen LogP contribution in [0.15, 0.2) is 84.9 Å². The molecule has 14 nitrogen and oxygen atoms in total. The summed E-state index contributed by atoms with van der Waals surface area (Å²) in [6.45, 7) is 8.66. The van der Waals surface area contributed by atoms with Crippen molar-refractivity contribution in [3.63, 3.8) is 0 Å². The van der Waals surface area contributed by atoms with Gasteiger partial charge in [-0.3, -0.25) is 19.2 Å². The van der Waals surface area contributed by atoms with Crippen LogP contribution in [0.5, 0.6) is 5.75 Å². The van der Waals surface area contributed by atoms with Gasteiger partial charge < -0.3 is 40.0 Å². The Morgan fingerprint density at radius 3 is 2.10 bits per heavy atom. The maximum Gasteiger partial charge on any atom is 0.408 e. The number of nitrogens with zero attached hydrogens (tertiary/aromatic N) is 2. The summed E-state index contributed by atoms with van der Waals surface area (Å²) >= 11 is 1.56. The molecule has 0 spiro atoms. The highest BCUT2D eigenvalue weighted by molar-refractivity contribution is 7.98. The van der Waals surface area contributed by atoms with E-state index < -0.39 is 66.1 Å². The molecular weight excluding hydrogens is 775 g/mol. The van der Waals surface area contributed by atoms with E-state index in [4.69, 9.17) is 14.2 Å². The summed E-state index contributed by atoms with van der Waals surface area (Å²) < 4.78 is 16.6. The van der Waals surface area contributed by atoms with Crippen molar-refractivity contribution in [3.8, 4) is 5.75 Å². The topological polar surface area (TPSA) is 173 Å². The molecule has 3 N–H and O–H groups in total. The molecule has 0 unspecified atom stereocenters. The summed E-state index contributed by atoms with van der Waals surface area (Å²) in [5.41, 5.74) is 1.73. The average molecular weight is 832 g/mol. The maximum absolute atomic E-state index is 14.1. The normalized spacial score (nSPS) is 15.6. The highest BCUT2D eigenvalue weighted by Crippen LogP contribution is 2.22. The van der Waals surface area contributed by atoms with Gasteiger partial charge in [0.05, 0.1) is 13.2 Å². The minimum absolute atomic E-state index is 0.0774. The number of thioether (sulfide) groups is 1. The second-order valence-corrected chi connectivity index (χ2v) is 16.1. The number of hydrogen-bond donors (Lipinski definition) is 3. The summed E-state index contributed by atoms with van der Waals surface area (Å²) in [6, 6.07) is 22.2. The Labute approximate surface area is 351 Å². The smallest absolute Gasteiger partial charge is 0.408 e. The van der Waals surface area contributed by atoms with Crippen LogP contribution in [0.4, 0.5) is 4.79 Å². The van der Waals surface area contributed by atoms with Crippen molar-refractivity contribution < 1.29 is 43.0 Å². The SMILES string of the molecule is CCOC(=O)[C@H](CCSC)N1CCN(C(=O)CNC(=O)[C@@H](C)NC(=O)[C@H](Cc2ccc(OCc3ccccc3)cc2)NC(=O)OC(C)(C)C)[C@@H](Cc2ccccc2)C1=O. The third-order valence-electron chi connectivity index (χ3n) is 9.43. The molecule has 0 aromatic heterocycles. The predicted molar refractivity (Wildman–Crippen MR) is 225 cm³/mol. The lowest BCUT2D eigenvalue weighted by Gasteiger charge is -2.43. The van der Waals surface area contributed by atoms with E-state index >= 15 is 0 Å². The maximum atomic E-state index is 14.1. The van der Waals surface area contributed by atoms with E-state index in [1.54, 1.807) is 63.7 Å². The zero-order valence-electron chi connectivity index (χ0n) is 34.7. The summed E-state index contributed by atoms with van der Waals surface area (Å²) in [4.78, 5) is 83.6. The van der Waals surface area contributed by atoms with Crippen LogP contribution < -0.4 is 20.7 Å². The van der Waals surface area contributed by atoms with Crippen LogP contribution in [-0.4, -0.2) is 114 Å². The molecule has 1 aliphatic heterocycles. The Hall–Kier alpha value is -5.57. The molecule has 1 aliphatic rings. The van der Waals surface area contributed by atoms with Crippen LogP contribution in [0, 0.1) is 0 Å². The first-order valence-corrected chi connectivity index (χ1v) is 21.2. The molecule has 0 aliphatic carbocycles. The first-order chi connectivity index (χ1) is 28.2. The van der Waals surface area contributed by atoms with E-state index in [0.717, 1.165) is 11.1 Å². The molecule has 4 rings (SSSR count). The molecule has 1 heterocycles. The van der Waals surface area contributed by atoms with Gasteiger partial charge in [-0.05, 0) is 81.9 Å². The van der Waals surface area contributed by atoms with E-state index in [-0.39, 0.29) is 38.4 Å². The zero-order chi connectivity index (χ0) is 43.0. The van der Waals surface area contributed by atoms with Gasteiger partial charge in [0.15, 0.2) is 0 Å². The second-order valence-electron chi connectivity index (χ2n) is 15.1. The van der Waals surface area contributed by atoms with Crippen molar-refractivity contribution in [2.75, 3.05) is 38.2 Å². The predicted octanol–water partition coefficient (Wildman–Crippen LogP) is 4.29. The lowest BCUT2D eigenvalue weighted by Crippen LogP contribution is -2.64. The molecule has 0 bridgehead atoms. The number of ether oxygens (including phenoxy) is 3. The van der Waals surface area contributed by atoms with Gasteiger partial charge in [-0.1, -0.05) is 72.8 Å². The van der Waals surface area contributed by atoms with Crippen LogP contribution >= 0.6 is 11.8 Å². The van der Waals surface area contributed by atoms with Crippen LogP contribution in [0.1, 0.15) is 57.7 Å². The van der Waals surface area contributed by atoms with E-state index in [0.29, 0.717) is 30.1 Å². The Balaban J connectivity index is 1.41. The molecule has 1 fully saturated rings. The van der Waals surface area contributed by atoms with Gasteiger partial charge in [0.25, 0.3) is 0 Å². The van der Waals surface area contributed by atoms with E-state index in [2.05, 4.69) is 16.0 Å². The Morgan fingerprint density at radius 2 is 1.49 bits per heavy atom. The van der Waals surface area contributed by atoms with Gasteiger partial charge in [-0.15, -0.1) is 0 Å². The highest BCUT2D eigenvalue weighted by atomic mass is 32.2. The van der Waals surface area contributed by atoms with E-state index in [9.17, 15) is 28.8 Å². The Morgan fingerprint density at radius 1 is 0.847 bits per heavy atom. The third kappa shape index (κ3) is 14.6. The van der Waals surface area contributed by atoms with Crippen LogP contribution in [-0.2, 0) is 52.9 Å². The molecule has 0 saturated carbocycles. The lowest BCUT2D eigenvalue weighted by molar-refractivity contribution is -0.162. The van der Waals surface area contributed by atoms with Gasteiger partial charge in [0, 0.05) is 25.9 Å². The van der Waals surface area contributed by atoms with E-state index in [1.165, 1.54) is 16.7 Å². The summed E-state index contributed by atoms with van der Waals surface area (Å²) in [7, 11) is 0. The van der Waals surface area contributed by atoms with Crippen molar-refractivity contribution in [2.45, 2.75) is 90.3 Å². The first kappa shape index (κ1) is 46.1. The van der Waals surface area contributed by atoms with Crippen molar-refractivity contribution >= 4 is 47.5 Å².